The SMILES string of the molecule is c1cnn(Cc2ccc(NCc3ccncc3)cc2)c1. The number of anilines is 1. The zero-order chi connectivity index (χ0) is 13.6. The van der Waals surface area contributed by atoms with E-state index in [4.69, 9.17) is 0 Å². The number of benzene rings is 1. The Morgan fingerprint density at radius 3 is 2.40 bits per heavy atom. The van der Waals surface area contributed by atoms with Gasteiger partial charge < -0.3 is 5.32 Å². The highest BCUT2D eigenvalue weighted by atomic mass is 15.3. The van der Waals surface area contributed by atoms with Crippen molar-refractivity contribution in [3.8, 4) is 0 Å². The summed E-state index contributed by atoms with van der Waals surface area (Å²) in [6, 6.07) is 14.4. The van der Waals surface area contributed by atoms with Crippen LogP contribution >= 0.6 is 0 Å². The maximum atomic E-state index is 4.21. The Morgan fingerprint density at radius 1 is 0.900 bits per heavy atom. The van der Waals surface area contributed by atoms with E-state index in [-0.39, 0.29) is 0 Å². The summed E-state index contributed by atoms with van der Waals surface area (Å²) in [4.78, 5) is 4.01. The van der Waals surface area contributed by atoms with Gasteiger partial charge in [0.2, 0.25) is 0 Å². The van der Waals surface area contributed by atoms with E-state index in [1.807, 2.05) is 41.5 Å². The molecule has 0 bridgehead atoms. The maximum Gasteiger partial charge on any atom is 0.0659 e. The second-order valence-electron chi connectivity index (χ2n) is 4.61. The van der Waals surface area contributed by atoms with Crippen LogP contribution in [0.25, 0.3) is 0 Å². The average Bonchev–Trinajstić information content (AvgIpc) is 3.01. The van der Waals surface area contributed by atoms with Gasteiger partial charge >= 0.3 is 0 Å². The number of nitrogens with one attached hydrogen (secondary N) is 1. The number of nitrogens with zero attached hydrogens (tertiary/aromatic N) is 3. The zero-order valence-corrected chi connectivity index (χ0v) is 11.1. The molecular weight excluding hydrogens is 248 g/mol. The van der Waals surface area contributed by atoms with Crippen molar-refractivity contribution >= 4 is 5.69 Å². The van der Waals surface area contributed by atoms with Crippen LogP contribution in [0.15, 0.2) is 67.3 Å². The molecule has 0 saturated carbocycles. The van der Waals surface area contributed by atoms with Crippen LogP contribution in [0.3, 0.4) is 0 Å². The van der Waals surface area contributed by atoms with Crippen molar-refractivity contribution in [2.75, 3.05) is 5.32 Å². The molecule has 3 rings (SSSR count). The average molecular weight is 264 g/mol. The molecule has 1 aromatic carbocycles. The molecule has 0 aliphatic carbocycles. The summed E-state index contributed by atoms with van der Waals surface area (Å²) in [7, 11) is 0. The smallest absolute Gasteiger partial charge is 0.0659 e. The van der Waals surface area contributed by atoms with Crippen LogP contribution < -0.4 is 5.32 Å². The number of pyridine rings is 1. The molecule has 0 aliphatic rings. The van der Waals surface area contributed by atoms with Gasteiger partial charge in [-0.25, -0.2) is 0 Å². The first kappa shape index (κ1) is 12.4. The molecule has 2 aromatic heterocycles. The third-order valence-corrected chi connectivity index (χ3v) is 3.10. The molecule has 0 radical (unpaired) electrons. The van der Waals surface area contributed by atoms with E-state index in [2.05, 4.69) is 39.7 Å². The quantitative estimate of drug-likeness (QED) is 0.770. The fourth-order valence-corrected chi connectivity index (χ4v) is 2.01. The van der Waals surface area contributed by atoms with E-state index in [9.17, 15) is 0 Å². The van der Waals surface area contributed by atoms with Crippen molar-refractivity contribution in [3.05, 3.63) is 78.4 Å². The third kappa shape index (κ3) is 3.23. The van der Waals surface area contributed by atoms with Crippen LogP contribution in [-0.2, 0) is 13.1 Å². The summed E-state index contributed by atoms with van der Waals surface area (Å²) in [5.74, 6) is 0. The molecule has 0 amide bonds. The third-order valence-electron chi connectivity index (χ3n) is 3.10. The van der Waals surface area contributed by atoms with Crippen molar-refractivity contribution in [1.29, 1.82) is 0 Å². The van der Waals surface area contributed by atoms with Gasteiger partial charge in [-0.15, -0.1) is 0 Å². The van der Waals surface area contributed by atoms with E-state index >= 15 is 0 Å². The molecule has 4 heteroatoms. The van der Waals surface area contributed by atoms with E-state index in [1.54, 1.807) is 6.20 Å². The summed E-state index contributed by atoms with van der Waals surface area (Å²) in [5.41, 5.74) is 3.58. The Balaban J connectivity index is 1.59. The summed E-state index contributed by atoms with van der Waals surface area (Å²) in [5, 5.41) is 7.60. The standard InChI is InChI=1S/C16H16N4/c1-8-19-20(11-1)13-15-2-4-16(5-3-15)18-12-14-6-9-17-10-7-14/h1-11,18H,12-13H2. The molecule has 2 heterocycles. The molecule has 0 atom stereocenters. The minimum Gasteiger partial charge on any atom is -0.381 e. The first-order valence-electron chi connectivity index (χ1n) is 6.59. The van der Waals surface area contributed by atoms with E-state index in [0.29, 0.717) is 0 Å². The van der Waals surface area contributed by atoms with Crippen LogP contribution in [0.5, 0.6) is 0 Å². The highest BCUT2D eigenvalue weighted by Crippen LogP contribution is 2.12. The molecule has 0 saturated heterocycles. The molecule has 20 heavy (non-hydrogen) atoms. The lowest BCUT2D eigenvalue weighted by molar-refractivity contribution is 0.687. The minimum absolute atomic E-state index is 0.803. The lowest BCUT2D eigenvalue weighted by atomic mass is 10.2. The molecular formula is C16H16N4. The molecule has 0 aliphatic heterocycles. The Kier molecular flexibility index (Phi) is 3.73. The van der Waals surface area contributed by atoms with Gasteiger partial charge in [0.15, 0.2) is 0 Å². The second kappa shape index (κ2) is 6.02. The first-order chi connectivity index (χ1) is 9.90. The van der Waals surface area contributed by atoms with Crippen LogP contribution in [0.2, 0.25) is 0 Å². The molecule has 0 fully saturated rings. The molecule has 3 aromatic rings. The van der Waals surface area contributed by atoms with Crippen LogP contribution in [-0.4, -0.2) is 14.8 Å². The van der Waals surface area contributed by atoms with Crippen LogP contribution in [0, 0.1) is 0 Å². The number of hydrogen-bond acceptors (Lipinski definition) is 3. The highest BCUT2D eigenvalue weighted by Gasteiger charge is 1.97. The van der Waals surface area contributed by atoms with Crippen molar-refractivity contribution in [1.82, 2.24) is 14.8 Å². The lowest BCUT2D eigenvalue weighted by Gasteiger charge is -2.08. The van der Waals surface area contributed by atoms with E-state index in [1.165, 1.54) is 11.1 Å². The highest BCUT2D eigenvalue weighted by molar-refractivity contribution is 5.45. The number of aromatic nitrogens is 3. The monoisotopic (exact) mass is 264 g/mol. The van der Waals surface area contributed by atoms with Crippen LogP contribution in [0.1, 0.15) is 11.1 Å². The normalized spacial score (nSPS) is 10.4. The van der Waals surface area contributed by atoms with Gasteiger partial charge in [-0.3, -0.25) is 9.67 Å². The van der Waals surface area contributed by atoms with Gasteiger partial charge in [0.25, 0.3) is 0 Å². The Labute approximate surface area is 118 Å². The van der Waals surface area contributed by atoms with Crippen LogP contribution in [0.4, 0.5) is 5.69 Å². The van der Waals surface area contributed by atoms with Gasteiger partial charge in [-0.1, -0.05) is 12.1 Å². The van der Waals surface area contributed by atoms with Gasteiger partial charge in [-0.05, 0) is 41.5 Å². The lowest BCUT2D eigenvalue weighted by Crippen LogP contribution is -2.01. The molecule has 100 valence electrons. The maximum absolute atomic E-state index is 4.21. The fourth-order valence-electron chi connectivity index (χ4n) is 2.01. The summed E-state index contributed by atoms with van der Waals surface area (Å²) in [6.45, 7) is 1.61. The van der Waals surface area contributed by atoms with E-state index < -0.39 is 0 Å². The summed E-state index contributed by atoms with van der Waals surface area (Å²) in [6.07, 6.45) is 7.38. The second-order valence-corrected chi connectivity index (χ2v) is 4.61. The minimum atomic E-state index is 0.803. The van der Waals surface area contributed by atoms with Gasteiger partial charge in [0.05, 0.1) is 6.54 Å². The molecule has 0 unspecified atom stereocenters. The van der Waals surface area contributed by atoms with Crippen molar-refractivity contribution in [2.45, 2.75) is 13.1 Å². The summed E-state index contributed by atoms with van der Waals surface area (Å²) >= 11 is 0. The molecule has 1 N–H and O–H groups in total. The van der Waals surface area contributed by atoms with Gasteiger partial charge in [0.1, 0.15) is 0 Å². The first-order valence-corrected chi connectivity index (χ1v) is 6.59. The predicted octanol–water partition coefficient (Wildman–Crippen LogP) is 2.94. The Morgan fingerprint density at radius 2 is 1.70 bits per heavy atom. The number of rotatable bonds is 5. The fraction of sp³-hybridized carbons (Fsp3) is 0.125. The molecule has 4 nitrogen and oxygen atoms in total. The number of hydrogen-bond donors (Lipinski definition) is 1. The zero-order valence-electron chi connectivity index (χ0n) is 11.1. The van der Waals surface area contributed by atoms with Gasteiger partial charge in [0, 0.05) is 37.0 Å². The predicted molar refractivity (Wildman–Crippen MR) is 79.3 cm³/mol. The topological polar surface area (TPSA) is 42.7 Å². The van der Waals surface area contributed by atoms with Crippen molar-refractivity contribution in [2.24, 2.45) is 0 Å². The van der Waals surface area contributed by atoms with E-state index in [0.717, 1.165) is 18.8 Å². The van der Waals surface area contributed by atoms with Crippen molar-refractivity contribution < 1.29 is 0 Å². The Hall–Kier alpha value is -2.62. The Bertz CT molecular complexity index is 630. The van der Waals surface area contributed by atoms with Gasteiger partial charge in [-0.2, -0.15) is 5.10 Å². The largest absolute Gasteiger partial charge is 0.381 e. The summed E-state index contributed by atoms with van der Waals surface area (Å²) < 4.78 is 1.92. The molecule has 0 spiro atoms. The van der Waals surface area contributed by atoms with Crippen molar-refractivity contribution in [3.63, 3.8) is 0 Å².